The highest BCUT2D eigenvalue weighted by Gasteiger charge is 2.24. The maximum atomic E-state index is 13.2. The van der Waals surface area contributed by atoms with Gasteiger partial charge in [-0.3, -0.25) is 9.59 Å². The molecule has 40 heavy (non-hydrogen) atoms. The van der Waals surface area contributed by atoms with Gasteiger partial charge in [-0.2, -0.15) is 0 Å². The number of carbonyl (C=O) groups excluding carboxylic acids is 2. The van der Waals surface area contributed by atoms with Crippen LogP contribution in [0.5, 0.6) is 11.5 Å². The lowest BCUT2D eigenvalue weighted by Crippen LogP contribution is -2.30. The van der Waals surface area contributed by atoms with E-state index in [2.05, 4.69) is 43.0 Å². The number of benzene rings is 2. The van der Waals surface area contributed by atoms with Gasteiger partial charge in [0.25, 0.3) is 0 Å². The smallest absolute Gasteiger partial charge is 0.159 e. The topological polar surface area (TPSA) is 55.8 Å². The van der Waals surface area contributed by atoms with Crippen molar-refractivity contribution in [3.8, 4) is 11.5 Å². The molecule has 1 heterocycles. The number of ketones is 2. The van der Waals surface area contributed by atoms with Gasteiger partial charge in [0.05, 0.1) is 13.2 Å². The number of carbonyl (C=O) groups is 2. The molecule has 0 N–H and O–H groups in total. The van der Waals surface area contributed by atoms with Crippen LogP contribution in [0.4, 0.5) is 0 Å². The number of rotatable bonds is 20. The summed E-state index contributed by atoms with van der Waals surface area (Å²) in [5.74, 6) is 2.65. The van der Waals surface area contributed by atoms with Crippen LogP contribution in [-0.4, -0.2) is 49.3 Å². The maximum absolute atomic E-state index is 13.2. The van der Waals surface area contributed by atoms with E-state index >= 15 is 0 Å². The zero-order valence-electron chi connectivity index (χ0n) is 25.2. The Morgan fingerprint density at radius 1 is 0.825 bits per heavy atom. The lowest BCUT2D eigenvalue weighted by atomic mass is 9.84. The van der Waals surface area contributed by atoms with Crippen molar-refractivity contribution in [2.24, 2.45) is 11.8 Å². The number of hydrogen-bond acceptors (Lipinski definition) is 5. The minimum absolute atomic E-state index is 0.0463. The van der Waals surface area contributed by atoms with Crippen LogP contribution >= 0.6 is 0 Å². The third-order valence-electron chi connectivity index (χ3n) is 8.09. The van der Waals surface area contributed by atoms with E-state index in [1.807, 2.05) is 12.1 Å². The SMILES string of the molecule is CCCCCCOc1ccc(CC(CC(CC)C(=O)CCCOc2ccc(C(C)=O)cc2)CN2CCCC2)cc1. The van der Waals surface area contributed by atoms with E-state index < -0.39 is 0 Å². The predicted molar refractivity (Wildman–Crippen MR) is 164 cm³/mol. The Hall–Kier alpha value is -2.66. The summed E-state index contributed by atoms with van der Waals surface area (Å²) in [7, 11) is 0. The molecule has 2 aromatic rings. The largest absolute Gasteiger partial charge is 0.494 e. The molecule has 0 spiro atoms. The Bertz CT molecular complexity index is 995. The summed E-state index contributed by atoms with van der Waals surface area (Å²) < 4.78 is 11.8. The summed E-state index contributed by atoms with van der Waals surface area (Å²) in [6.45, 7) is 10.6. The maximum Gasteiger partial charge on any atom is 0.159 e. The average molecular weight is 550 g/mol. The molecule has 1 saturated heterocycles. The first kappa shape index (κ1) is 31.9. The van der Waals surface area contributed by atoms with Crippen molar-refractivity contribution >= 4 is 11.6 Å². The van der Waals surface area contributed by atoms with Crippen molar-refractivity contribution in [1.82, 2.24) is 4.90 Å². The van der Waals surface area contributed by atoms with Gasteiger partial charge in [-0.1, -0.05) is 45.2 Å². The molecule has 1 fully saturated rings. The highest BCUT2D eigenvalue weighted by Crippen LogP contribution is 2.26. The van der Waals surface area contributed by atoms with Gasteiger partial charge < -0.3 is 14.4 Å². The first-order valence-corrected chi connectivity index (χ1v) is 15.7. The van der Waals surface area contributed by atoms with E-state index in [1.54, 1.807) is 19.1 Å². The molecule has 2 aromatic carbocycles. The lowest BCUT2D eigenvalue weighted by Gasteiger charge is -2.27. The first-order valence-electron chi connectivity index (χ1n) is 15.7. The van der Waals surface area contributed by atoms with Gasteiger partial charge in [0.2, 0.25) is 0 Å². The van der Waals surface area contributed by atoms with Gasteiger partial charge in [-0.25, -0.2) is 0 Å². The second-order valence-corrected chi connectivity index (χ2v) is 11.5. The van der Waals surface area contributed by atoms with Gasteiger partial charge >= 0.3 is 0 Å². The lowest BCUT2D eigenvalue weighted by molar-refractivity contribution is -0.123. The van der Waals surface area contributed by atoms with Crippen LogP contribution in [0.25, 0.3) is 0 Å². The summed E-state index contributed by atoms with van der Waals surface area (Å²) in [5.41, 5.74) is 2.01. The third-order valence-corrected chi connectivity index (χ3v) is 8.09. The molecule has 220 valence electrons. The zero-order valence-corrected chi connectivity index (χ0v) is 25.2. The van der Waals surface area contributed by atoms with Gasteiger partial charge in [-0.05, 0) is 113 Å². The normalized spacial score (nSPS) is 15.1. The Labute approximate surface area is 242 Å². The second kappa shape index (κ2) is 17.9. The summed E-state index contributed by atoms with van der Waals surface area (Å²) in [6, 6.07) is 15.8. The van der Waals surface area contributed by atoms with Gasteiger partial charge in [0.15, 0.2) is 5.78 Å². The summed E-state index contributed by atoms with van der Waals surface area (Å²) >= 11 is 0. The molecule has 0 amide bonds. The minimum atomic E-state index is 0.0463. The molecule has 0 radical (unpaired) electrons. The molecule has 5 heteroatoms. The van der Waals surface area contributed by atoms with E-state index in [4.69, 9.17) is 9.47 Å². The minimum Gasteiger partial charge on any atom is -0.494 e. The summed E-state index contributed by atoms with van der Waals surface area (Å²) in [5, 5.41) is 0. The number of Topliss-reactive ketones (excluding diaryl/α,β-unsaturated/α-hetero) is 2. The molecule has 0 saturated carbocycles. The molecule has 0 bridgehead atoms. The monoisotopic (exact) mass is 549 g/mol. The number of hydrogen-bond donors (Lipinski definition) is 0. The Kier molecular flexibility index (Phi) is 14.3. The zero-order chi connectivity index (χ0) is 28.6. The Morgan fingerprint density at radius 3 is 2.05 bits per heavy atom. The van der Waals surface area contributed by atoms with Crippen LogP contribution < -0.4 is 9.47 Å². The first-order chi connectivity index (χ1) is 19.5. The van der Waals surface area contributed by atoms with Crippen molar-refractivity contribution in [3.63, 3.8) is 0 Å². The van der Waals surface area contributed by atoms with Gasteiger partial charge in [0.1, 0.15) is 17.3 Å². The van der Waals surface area contributed by atoms with Crippen LogP contribution in [0.3, 0.4) is 0 Å². The van der Waals surface area contributed by atoms with Crippen molar-refractivity contribution in [3.05, 3.63) is 59.7 Å². The Morgan fingerprint density at radius 2 is 1.45 bits per heavy atom. The number of likely N-dealkylation sites (tertiary alicyclic amines) is 1. The summed E-state index contributed by atoms with van der Waals surface area (Å²) in [6.07, 6.45) is 11.5. The van der Waals surface area contributed by atoms with Crippen molar-refractivity contribution < 1.29 is 19.1 Å². The third kappa shape index (κ3) is 11.4. The van der Waals surface area contributed by atoms with E-state index in [9.17, 15) is 9.59 Å². The number of ether oxygens (including phenoxy) is 2. The fourth-order valence-corrected chi connectivity index (χ4v) is 5.68. The van der Waals surface area contributed by atoms with Crippen LogP contribution in [-0.2, 0) is 11.2 Å². The van der Waals surface area contributed by atoms with E-state index in [0.29, 0.717) is 36.7 Å². The average Bonchev–Trinajstić information content (AvgIpc) is 3.48. The summed E-state index contributed by atoms with van der Waals surface area (Å²) in [4.78, 5) is 27.3. The van der Waals surface area contributed by atoms with Crippen molar-refractivity contribution in [2.75, 3.05) is 32.8 Å². The quantitative estimate of drug-likeness (QED) is 0.124. The molecule has 0 aliphatic carbocycles. The van der Waals surface area contributed by atoms with Crippen LogP contribution in [0.15, 0.2) is 48.5 Å². The fourth-order valence-electron chi connectivity index (χ4n) is 5.68. The second-order valence-electron chi connectivity index (χ2n) is 11.5. The fraction of sp³-hybridized carbons (Fsp3) is 0.600. The molecular formula is C35H51NO4. The van der Waals surface area contributed by atoms with E-state index in [0.717, 1.165) is 50.3 Å². The molecule has 2 atom stereocenters. The van der Waals surface area contributed by atoms with Crippen LogP contribution in [0.1, 0.15) is 101 Å². The number of unbranched alkanes of at least 4 members (excludes halogenated alkanes) is 3. The van der Waals surface area contributed by atoms with Crippen molar-refractivity contribution in [2.45, 2.75) is 91.4 Å². The molecule has 5 nitrogen and oxygen atoms in total. The molecular weight excluding hydrogens is 498 g/mol. The van der Waals surface area contributed by atoms with E-state index in [-0.39, 0.29) is 11.7 Å². The highest BCUT2D eigenvalue weighted by atomic mass is 16.5. The molecule has 0 aromatic heterocycles. The molecule has 1 aliphatic heterocycles. The Balaban J connectivity index is 1.48. The number of nitrogens with zero attached hydrogens (tertiary/aromatic N) is 1. The van der Waals surface area contributed by atoms with Crippen molar-refractivity contribution in [1.29, 1.82) is 0 Å². The molecule has 1 aliphatic rings. The predicted octanol–water partition coefficient (Wildman–Crippen LogP) is 7.95. The van der Waals surface area contributed by atoms with E-state index in [1.165, 1.54) is 50.8 Å². The highest BCUT2D eigenvalue weighted by molar-refractivity contribution is 5.94. The van der Waals surface area contributed by atoms with Crippen LogP contribution in [0.2, 0.25) is 0 Å². The molecule has 2 unspecified atom stereocenters. The molecule has 3 rings (SSSR count). The van der Waals surface area contributed by atoms with Crippen LogP contribution in [0, 0.1) is 11.8 Å². The van der Waals surface area contributed by atoms with Gasteiger partial charge in [-0.15, -0.1) is 0 Å². The standard InChI is InChI=1S/C35H51NO4/c1-4-6-7-10-23-39-33-17-13-29(14-18-33)25-30(27-36-21-8-9-22-36)26-31(5-2)35(38)12-11-24-40-34-19-15-32(16-20-34)28(3)37/h13-20,30-31H,4-12,21-27H2,1-3H3. The van der Waals surface area contributed by atoms with Gasteiger partial charge in [0, 0.05) is 24.4 Å².